The first kappa shape index (κ1) is 34.7. The number of rotatable bonds is 20. The fraction of sp³-hybridized carbons (Fsp3) is 0.474. The van der Waals surface area contributed by atoms with Crippen molar-refractivity contribution >= 4 is 11.9 Å². The highest BCUT2D eigenvalue weighted by atomic mass is 16.6. The summed E-state index contributed by atoms with van der Waals surface area (Å²) in [6.45, 7) is 8.62. The van der Waals surface area contributed by atoms with Gasteiger partial charge in [0.25, 0.3) is 0 Å². The van der Waals surface area contributed by atoms with Crippen LogP contribution < -0.4 is 14.2 Å². The summed E-state index contributed by atoms with van der Waals surface area (Å²) in [4.78, 5) is 25.0. The van der Waals surface area contributed by atoms with Crippen LogP contribution >= 0.6 is 0 Å². The van der Waals surface area contributed by atoms with Crippen LogP contribution in [0.1, 0.15) is 109 Å². The van der Waals surface area contributed by atoms with Crippen molar-refractivity contribution in [3.8, 4) is 28.4 Å². The van der Waals surface area contributed by atoms with Gasteiger partial charge in [-0.2, -0.15) is 0 Å². The van der Waals surface area contributed by atoms with Gasteiger partial charge in [0.05, 0.1) is 12.2 Å². The molecule has 0 aromatic heterocycles. The lowest BCUT2D eigenvalue weighted by atomic mass is 10.0. The maximum Gasteiger partial charge on any atom is 0.347 e. The second-order valence-electron chi connectivity index (χ2n) is 11.3. The molecule has 1 atom stereocenters. The van der Waals surface area contributed by atoms with E-state index in [2.05, 4.69) is 6.92 Å². The molecule has 44 heavy (non-hydrogen) atoms. The van der Waals surface area contributed by atoms with Crippen LogP contribution in [0, 0.1) is 0 Å². The minimum atomic E-state index is -0.740. The summed E-state index contributed by atoms with van der Waals surface area (Å²) in [6, 6.07) is 22.0. The van der Waals surface area contributed by atoms with Crippen LogP contribution in [0.2, 0.25) is 0 Å². The fourth-order valence-corrected chi connectivity index (χ4v) is 4.86. The first-order chi connectivity index (χ1) is 21.4. The Labute approximate surface area is 264 Å². The van der Waals surface area contributed by atoms with E-state index in [1.807, 2.05) is 50.2 Å². The number of hydrogen-bond donors (Lipinski definition) is 0. The molecule has 0 spiro atoms. The molecule has 0 heterocycles. The van der Waals surface area contributed by atoms with Crippen molar-refractivity contribution in [2.45, 2.75) is 111 Å². The summed E-state index contributed by atoms with van der Waals surface area (Å²) in [6.07, 6.45) is 12.4. The first-order valence-corrected chi connectivity index (χ1v) is 16.5. The molecule has 0 saturated heterocycles. The van der Waals surface area contributed by atoms with Gasteiger partial charge in [-0.15, -0.1) is 0 Å². The van der Waals surface area contributed by atoms with Crippen molar-refractivity contribution in [3.05, 3.63) is 78.4 Å². The van der Waals surface area contributed by atoms with Crippen molar-refractivity contribution in [2.24, 2.45) is 0 Å². The van der Waals surface area contributed by atoms with Crippen LogP contribution in [0.3, 0.4) is 0 Å². The molecule has 0 radical (unpaired) electrons. The Hall–Kier alpha value is -3.80. The van der Waals surface area contributed by atoms with E-state index in [1.165, 1.54) is 51.4 Å². The molecule has 3 rings (SSSR count). The van der Waals surface area contributed by atoms with Gasteiger partial charge in [-0.3, -0.25) is 0 Å². The number of unbranched alkanes of at least 4 members (excludes halogenated alkanes) is 8. The van der Waals surface area contributed by atoms with Crippen molar-refractivity contribution in [3.63, 3.8) is 0 Å². The predicted octanol–water partition coefficient (Wildman–Crippen LogP) is 9.98. The smallest absolute Gasteiger partial charge is 0.347 e. The molecule has 3 aromatic carbocycles. The van der Waals surface area contributed by atoms with E-state index in [1.54, 1.807) is 43.3 Å². The normalized spacial score (nSPS) is 11.7. The maximum absolute atomic E-state index is 12.7. The highest BCUT2D eigenvalue weighted by molar-refractivity contribution is 5.91. The van der Waals surface area contributed by atoms with E-state index in [9.17, 15) is 9.59 Å². The second kappa shape index (κ2) is 19.5. The van der Waals surface area contributed by atoms with E-state index in [4.69, 9.17) is 18.9 Å². The lowest BCUT2D eigenvalue weighted by Crippen LogP contribution is -2.29. The Morgan fingerprint density at radius 3 is 1.68 bits per heavy atom. The van der Waals surface area contributed by atoms with Crippen LogP contribution in [0.25, 0.3) is 11.1 Å². The molecule has 0 N–H and O–H groups in total. The largest absolute Gasteiger partial charge is 0.494 e. The summed E-state index contributed by atoms with van der Waals surface area (Å²) < 4.78 is 22.6. The molecule has 0 saturated carbocycles. The van der Waals surface area contributed by atoms with Gasteiger partial charge in [0, 0.05) is 0 Å². The van der Waals surface area contributed by atoms with Crippen LogP contribution in [0.4, 0.5) is 0 Å². The molecular formula is C38H50O6. The quantitative estimate of drug-likeness (QED) is 0.0728. The lowest BCUT2D eigenvalue weighted by Gasteiger charge is -2.18. The molecule has 238 valence electrons. The van der Waals surface area contributed by atoms with E-state index in [0.717, 1.165) is 42.7 Å². The average Bonchev–Trinajstić information content (AvgIpc) is 3.05. The number of benzene rings is 3. The van der Waals surface area contributed by atoms with Gasteiger partial charge in [0.2, 0.25) is 0 Å². The Bertz CT molecular complexity index is 1230. The van der Waals surface area contributed by atoms with Crippen molar-refractivity contribution < 1.29 is 28.5 Å². The Morgan fingerprint density at radius 2 is 1.11 bits per heavy atom. The third kappa shape index (κ3) is 12.1. The van der Waals surface area contributed by atoms with E-state index >= 15 is 0 Å². The fourth-order valence-electron chi connectivity index (χ4n) is 4.86. The Balaban J connectivity index is 1.40. The van der Waals surface area contributed by atoms with Gasteiger partial charge in [0.15, 0.2) is 6.10 Å². The van der Waals surface area contributed by atoms with Gasteiger partial charge >= 0.3 is 11.9 Å². The maximum atomic E-state index is 12.7. The van der Waals surface area contributed by atoms with Gasteiger partial charge in [-0.1, -0.05) is 96.4 Å². The average molecular weight is 603 g/mol. The third-order valence-electron chi connectivity index (χ3n) is 7.70. The topological polar surface area (TPSA) is 71.1 Å². The standard InChI is InChI=1S/C38H50O6/c1-5-8-9-10-11-12-13-14-15-28-41-34-22-20-31(21-23-34)30-16-18-32(19-17-30)38(40)44-36-26-24-35(25-27-36)42-29(4)37(39)43-33(6-2)7-3/h16-27,29,33H,5-15,28H2,1-4H3/t29-/m1/s1. The SMILES string of the molecule is CCCCCCCCCCCOc1ccc(-c2ccc(C(=O)Oc3ccc(O[C@H](C)C(=O)OC(CC)CC)cc3)cc2)cc1. The van der Waals surface area contributed by atoms with Crippen molar-refractivity contribution in [1.29, 1.82) is 0 Å². The number of ether oxygens (including phenoxy) is 4. The molecule has 0 bridgehead atoms. The molecular weight excluding hydrogens is 552 g/mol. The summed E-state index contributed by atoms with van der Waals surface area (Å²) in [5.41, 5.74) is 2.51. The summed E-state index contributed by atoms with van der Waals surface area (Å²) >= 11 is 0. The number of esters is 2. The zero-order valence-electron chi connectivity index (χ0n) is 27.0. The zero-order valence-corrected chi connectivity index (χ0v) is 27.0. The number of carbonyl (C=O) groups is 2. The Morgan fingerprint density at radius 1 is 0.614 bits per heavy atom. The minimum absolute atomic E-state index is 0.108. The lowest BCUT2D eigenvalue weighted by molar-refractivity contribution is -0.157. The first-order valence-electron chi connectivity index (χ1n) is 16.5. The summed E-state index contributed by atoms with van der Waals surface area (Å²) in [5.74, 6) is 0.902. The third-order valence-corrected chi connectivity index (χ3v) is 7.70. The molecule has 0 unspecified atom stereocenters. The molecule has 0 fully saturated rings. The molecule has 0 aliphatic heterocycles. The molecule has 3 aromatic rings. The summed E-state index contributed by atoms with van der Waals surface area (Å²) in [7, 11) is 0. The van der Waals surface area contributed by atoms with Gasteiger partial charge in [-0.05, 0) is 85.8 Å². The zero-order chi connectivity index (χ0) is 31.6. The Kier molecular flexibility index (Phi) is 15.4. The van der Waals surface area contributed by atoms with E-state index in [0.29, 0.717) is 17.1 Å². The number of hydrogen-bond acceptors (Lipinski definition) is 6. The highest BCUT2D eigenvalue weighted by Gasteiger charge is 2.20. The minimum Gasteiger partial charge on any atom is -0.494 e. The van der Waals surface area contributed by atoms with E-state index < -0.39 is 18.0 Å². The van der Waals surface area contributed by atoms with E-state index in [-0.39, 0.29) is 6.10 Å². The van der Waals surface area contributed by atoms with Gasteiger partial charge in [-0.25, -0.2) is 9.59 Å². The molecule has 6 heteroatoms. The van der Waals surface area contributed by atoms with Gasteiger partial charge < -0.3 is 18.9 Å². The monoisotopic (exact) mass is 602 g/mol. The molecule has 6 nitrogen and oxygen atoms in total. The van der Waals surface area contributed by atoms with Crippen LogP contribution in [0.5, 0.6) is 17.2 Å². The predicted molar refractivity (Wildman–Crippen MR) is 177 cm³/mol. The second-order valence-corrected chi connectivity index (χ2v) is 11.3. The van der Waals surface area contributed by atoms with Crippen molar-refractivity contribution in [1.82, 2.24) is 0 Å². The van der Waals surface area contributed by atoms with Crippen LogP contribution in [-0.2, 0) is 9.53 Å². The molecule has 0 amide bonds. The van der Waals surface area contributed by atoms with Gasteiger partial charge in [0.1, 0.15) is 23.4 Å². The van der Waals surface area contributed by atoms with Crippen LogP contribution in [-0.4, -0.2) is 30.8 Å². The van der Waals surface area contributed by atoms with Crippen LogP contribution in [0.15, 0.2) is 72.8 Å². The number of carbonyl (C=O) groups excluding carboxylic acids is 2. The molecule has 0 aliphatic carbocycles. The highest BCUT2D eigenvalue weighted by Crippen LogP contribution is 2.25. The molecule has 0 aliphatic rings. The summed E-state index contributed by atoms with van der Waals surface area (Å²) in [5, 5.41) is 0. The van der Waals surface area contributed by atoms with Crippen molar-refractivity contribution in [2.75, 3.05) is 6.61 Å².